The van der Waals surface area contributed by atoms with E-state index in [-0.39, 0.29) is 12.5 Å². The molecule has 6 heteroatoms. The molecule has 2 N–H and O–H groups in total. The van der Waals surface area contributed by atoms with Gasteiger partial charge in [0.2, 0.25) is 5.91 Å². The third-order valence-corrected chi connectivity index (χ3v) is 1.65. The zero-order chi connectivity index (χ0) is 9.68. The van der Waals surface area contributed by atoms with Gasteiger partial charge in [0.1, 0.15) is 19.2 Å². The summed E-state index contributed by atoms with van der Waals surface area (Å²) in [7, 11) is 1.71. The molecule has 6 nitrogen and oxygen atoms in total. The maximum Gasteiger partial charge on any atom is 0.244 e. The second-order valence-corrected chi connectivity index (χ2v) is 2.70. The number of carbonyl (C=O) groups is 1. The van der Waals surface area contributed by atoms with Crippen LogP contribution in [0.25, 0.3) is 0 Å². The Labute approximate surface area is 76.3 Å². The molecule has 0 aliphatic carbocycles. The lowest BCUT2D eigenvalue weighted by Crippen LogP contribution is -2.34. The summed E-state index contributed by atoms with van der Waals surface area (Å²) < 4.78 is 1.48. The average molecular weight is 183 g/mol. The third kappa shape index (κ3) is 2.83. The van der Waals surface area contributed by atoms with Crippen LogP contribution in [0.2, 0.25) is 0 Å². The van der Waals surface area contributed by atoms with Gasteiger partial charge in [-0.2, -0.15) is 5.10 Å². The first-order valence-corrected chi connectivity index (χ1v) is 4.00. The molecule has 0 aliphatic rings. The molecular weight excluding hydrogens is 170 g/mol. The largest absolute Gasteiger partial charge is 0.343 e. The number of aromatic nitrogens is 3. The van der Waals surface area contributed by atoms with Crippen LogP contribution in [0.3, 0.4) is 0 Å². The van der Waals surface area contributed by atoms with Gasteiger partial charge in [-0.05, 0) is 0 Å². The highest BCUT2D eigenvalue weighted by Gasteiger charge is 2.07. The molecule has 0 radical (unpaired) electrons. The molecule has 13 heavy (non-hydrogen) atoms. The van der Waals surface area contributed by atoms with Crippen LogP contribution in [0.1, 0.15) is 0 Å². The van der Waals surface area contributed by atoms with E-state index in [0.29, 0.717) is 13.1 Å². The molecule has 1 heterocycles. The molecule has 0 atom stereocenters. The molecule has 0 bridgehead atoms. The van der Waals surface area contributed by atoms with Gasteiger partial charge in [-0.1, -0.05) is 0 Å². The van der Waals surface area contributed by atoms with E-state index in [0.717, 1.165) is 0 Å². The van der Waals surface area contributed by atoms with E-state index >= 15 is 0 Å². The lowest BCUT2D eigenvalue weighted by Gasteiger charge is -2.15. The summed E-state index contributed by atoms with van der Waals surface area (Å²) in [4.78, 5) is 16.7. The molecule has 0 fully saturated rings. The van der Waals surface area contributed by atoms with Crippen LogP contribution in [0, 0.1) is 0 Å². The van der Waals surface area contributed by atoms with E-state index in [9.17, 15) is 4.79 Å². The zero-order valence-electron chi connectivity index (χ0n) is 7.55. The van der Waals surface area contributed by atoms with Crippen molar-refractivity contribution in [2.75, 3.05) is 20.1 Å². The number of likely N-dealkylation sites (N-methyl/N-ethyl adjacent to an activating group) is 1. The van der Waals surface area contributed by atoms with Crippen molar-refractivity contribution in [2.45, 2.75) is 6.54 Å². The van der Waals surface area contributed by atoms with Crippen molar-refractivity contribution in [3.63, 3.8) is 0 Å². The van der Waals surface area contributed by atoms with Crippen LogP contribution in [0.15, 0.2) is 12.7 Å². The molecule has 0 saturated carbocycles. The van der Waals surface area contributed by atoms with Crippen molar-refractivity contribution in [2.24, 2.45) is 5.73 Å². The number of nitrogens with zero attached hydrogens (tertiary/aromatic N) is 4. The highest BCUT2D eigenvalue weighted by molar-refractivity contribution is 5.75. The van der Waals surface area contributed by atoms with Gasteiger partial charge in [-0.15, -0.1) is 0 Å². The monoisotopic (exact) mass is 183 g/mol. The molecule has 0 saturated heterocycles. The Morgan fingerprint density at radius 2 is 2.46 bits per heavy atom. The molecule has 1 amide bonds. The minimum absolute atomic E-state index is 0.0176. The lowest BCUT2D eigenvalue weighted by molar-refractivity contribution is -0.130. The van der Waals surface area contributed by atoms with Gasteiger partial charge in [0.25, 0.3) is 0 Å². The van der Waals surface area contributed by atoms with Gasteiger partial charge in [0, 0.05) is 20.1 Å². The van der Waals surface area contributed by atoms with Crippen molar-refractivity contribution in [3.05, 3.63) is 12.7 Å². The van der Waals surface area contributed by atoms with Crippen molar-refractivity contribution in [1.29, 1.82) is 0 Å². The van der Waals surface area contributed by atoms with Gasteiger partial charge in [0.15, 0.2) is 0 Å². The normalized spacial score (nSPS) is 10.0. The van der Waals surface area contributed by atoms with Gasteiger partial charge >= 0.3 is 0 Å². The van der Waals surface area contributed by atoms with Crippen LogP contribution in [-0.4, -0.2) is 45.7 Å². The third-order valence-electron chi connectivity index (χ3n) is 1.65. The summed E-state index contributed by atoms with van der Waals surface area (Å²) in [5.41, 5.74) is 5.31. The number of nitrogens with two attached hydrogens (primary N) is 1. The standard InChI is InChI=1S/C7H13N5O/c1-11(3-2-8)7(13)4-12-6-9-5-10-12/h5-6H,2-4,8H2,1H3. The zero-order valence-corrected chi connectivity index (χ0v) is 7.55. The van der Waals surface area contributed by atoms with Crippen molar-refractivity contribution >= 4 is 5.91 Å². The van der Waals surface area contributed by atoms with Crippen LogP contribution in [0.4, 0.5) is 0 Å². The smallest absolute Gasteiger partial charge is 0.244 e. The summed E-state index contributed by atoms with van der Waals surface area (Å²) >= 11 is 0. The summed E-state index contributed by atoms with van der Waals surface area (Å²) in [5.74, 6) is -0.0176. The molecular formula is C7H13N5O. The van der Waals surface area contributed by atoms with Crippen LogP contribution < -0.4 is 5.73 Å². The molecule has 1 aromatic heterocycles. The Hall–Kier alpha value is -1.43. The number of carbonyl (C=O) groups excluding carboxylic acids is 1. The fourth-order valence-corrected chi connectivity index (χ4v) is 0.892. The maximum absolute atomic E-state index is 11.4. The van der Waals surface area contributed by atoms with Crippen molar-refractivity contribution < 1.29 is 4.79 Å². The Kier molecular flexibility index (Phi) is 3.39. The quantitative estimate of drug-likeness (QED) is 0.629. The maximum atomic E-state index is 11.4. The Morgan fingerprint density at radius 3 is 3.00 bits per heavy atom. The SMILES string of the molecule is CN(CCN)C(=O)Cn1cncn1. The van der Waals surface area contributed by atoms with E-state index in [4.69, 9.17) is 5.73 Å². The molecule has 0 spiro atoms. The van der Waals surface area contributed by atoms with Crippen molar-refractivity contribution in [1.82, 2.24) is 19.7 Å². The average Bonchev–Trinajstić information content (AvgIpc) is 2.57. The summed E-state index contributed by atoms with van der Waals surface area (Å²) in [5, 5.41) is 3.83. The molecule has 1 aromatic rings. The number of amides is 1. The van der Waals surface area contributed by atoms with E-state index in [1.807, 2.05) is 0 Å². The van der Waals surface area contributed by atoms with E-state index in [1.165, 1.54) is 17.3 Å². The lowest BCUT2D eigenvalue weighted by atomic mass is 10.5. The van der Waals surface area contributed by atoms with E-state index in [1.54, 1.807) is 11.9 Å². The van der Waals surface area contributed by atoms with Gasteiger partial charge in [0.05, 0.1) is 0 Å². The Balaban J connectivity index is 2.41. The number of rotatable bonds is 4. The topological polar surface area (TPSA) is 77.0 Å². The second-order valence-electron chi connectivity index (χ2n) is 2.70. The molecule has 0 aromatic carbocycles. The highest BCUT2D eigenvalue weighted by atomic mass is 16.2. The molecule has 72 valence electrons. The molecule has 1 rings (SSSR count). The fourth-order valence-electron chi connectivity index (χ4n) is 0.892. The summed E-state index contributed by atoms with van der Waals surface area (Å²) in [6, 6.07) is 0. The van der Waals surface area contributed by atoms with E-state index in [2.05, 4.69) is 10.1 Å². The molecule has 0 aliphatic heterocycles. The highest BCUT2D eigenvalue weighted by Crippen LogP contribution is 1.87. The predicted octanol–water partition coefficient (Wildman–Crippen LogP) is -1.30. The predicted molar refractivity (Wildman–Crippen MR) is 46.7 cm³/mol. The van der Waals surface area contributed by atoms with Crippen LogP contribution >= 0.6 is 0 Å². The van der Waals surface area contributed by atoms with Gasteiger partial charge < -0.3 is 10.6 Å². The first kappa shape index (κ1) is 9.66. The first-order valence-electron chi connectivity index (χ1n) is 4.00. The number of hydrogen-bond donors (Lipinski definition) is 1. The summed E-state index contributed by atoms with van der Waals surface area (Å²) in [6.45, 7) is 1.25. The Morgan fingerprint density at radius 1 is 1.69 bits per heavy atom. The van der Waals surface area contributed by atoms with E-state index < -0.39 is 0 Å². The van der Waals surface area contributed by atoms with Gasteiger partial charge in [-0.25, -0.2) is 9.67 Å². The van der Waals surface area contributed by atoms with Crippen molar-refractivity contribution in [3.8, 4) is 0 Å². The molecule has 0 unspecified atom stereocenters. The van der Waals surface area contributed by atoms with Crippen LogP contribution in [-0.2, 0) is 11.3 Å². The second kappa shape index (κ2) is 4.56. The van der Waals surface area contributed by atoms with Crippen LogP contribution in [0.5, 0.6) is 0 Å². The minimum Gasteiger partial charge on any atom is -0.343 e. The number of hydrogen-bond acceptors (Lipinski definition) is 4. The fraction of sp³-hybridized carbons (Fsp3) is 0.571. The minimum atomic E-state index is -0.0176. The Bertz CT molecular complexity index is 258. The summed E-state index contributed by atoms with van der Waals surface area (Å²) in [6.07, 6.45) is 2.91. The first-order chi connectivity index (χ1) is 6.24. The van der Waals surface area contributed by atoms with Gasteiger partial charge in [-0.3, -0.25) is 4.79 Å².